The van der Waals surface area contributed by atoms with Gasteiger partial charge in [0, 0.05) is 11.1 Å². The van der Waals surface area contributed by atoms with Crippen molar-refractivity contribution in [2.24, 2.45) is 0 Å². The molecule has 0 saturated carbocycles. The van der Waals surface area contributed by atoms with E-state index in [1.165, 1.54) is 16.0 Å². The van der Waals surface area contributed by atoms with Crippen molar-refractivity contribution in [2.45, 2.75) is 23.8 Å². The molecule has 2 aromatic rings. The molecule has 0 aliphatic heterocycles. The highest BCUT2D eigenvalue weighted by Gasteiger charge is 2.05. The van der Waals surface area contributed by atoms with Gasteiger partial charge in [0.2, 0.25) is 0 Å². The van der Waals surface area contributed by atoms with Gasteiger partial charge in [-0.15, -0.1) is 0 Å². The lowest BCUT2D eigenvalue weighted by Gasteiger charge is -2.06. The van der Waals surface area contributed by atoms with Crippen LogP contribution in [-0.4, -0.2) is 4.98 Å². The molecular weight excluding hydrogens is 318 g/mol. The van der Waals surface area contributed by atoms with Crippen LogP contribution in [0.5, 0.6) is 0 Å². The predicted octanol–water partition coefficient (Wildman–Crippen LogP) is 5.27. The van der Waals surface area contributed by atoms with Gasteiger partial charge in [0.15, 0.2) is 0 Å². The van der Waals surface area contributed by atoms with Crippen molar-refractivity contribution < 1.29 is 0 Å². The molecule has 0 bridgehead atoms. The lowest BCUT2D eigenvalue weighted by molar-refractivity contribution is 1.11. The Morgan fingerprint density at radius 2 is 1.94 bits per heavy atom. The number of hydrogen-bond donors (Lipinski definition) is 0. The lowest BCUT2D eigenvalue weighted by Crippen LogP contribution is -1.84. The highest BCUT2D eigenvalue weighted by Crippen LogP contribution is 2.33. The Morgan fingerprint density at radius 3 is 2.59 bits per heavy atom. The zero-order valence-electron chi connectivity index (χ0n) is 9.50. The number of pyridine rings is 1. The van der Waals surface area contributed by atoms with Crippen LogP contribution < -0.4 is 0 Å². The molecule has 2 rings (SSSR count). The van der Waals surface area contributed by atoms with Gasteiger partial charge in [-0.1, -0.05) is 29.4 Å². The number of aromatic nitrogens is 1. The molecule has 0 spiro atoms. The minimum Gasteiger partial charge on any atom is -0.247 e. The van der Waals surface area contributed by atoms with Gasteiger partial charge < -0.3 is 0 Å². The van der Waals surface area contributed by atoms with E-state index in [1.807, 2.05) is 6.07 Å². The quantitative estimate of drug-likeness (QED) is 0.745. The van der Waals surface area contributed by atoms with E-state index in [2.05, 4.69) is 53.0 Å². The first-order valence-corrected chi connectivity index (χ1v) is 7.11. The monoisotopic (exact) mass is 327 g/mol. The second-order valence-electron chi connectivity index (χ2n) is 3.79. The smallest absolute Gasteiger partial charge is 0.115 e. The van der Waals surface area contributed by atoms with Gasteiger partial charge in [-0.25, -0.2) is 4.98 Å². The Labute approximate surface area is 119 Å². The van der Waals surface area contributed by atoms with Gasteiger partial charge >= 0.3 is 0 Å². The van der Waals surface area contributed by atoms with Gasteiger partial charge in [0.1, 0.15) is 5.03 Å². The number of aryl methyl sites for hydroxylation is 2. The highest BCUT2D eigenvalue weighted by atomic mass is 79.9. The van der Waals surface area contributed by atoms with Crippen LogP contribution in [0.4, 0.5) is 0 Å². The van der Waals surface area contributed by atoms with E-state index in [1.54, 1.807) is 18.0 Å². The lowest BCUT2D eigenvalue weighted by atomic mass is 10.1. The first kappa shape index (κ1) is 12.9. The number of nitrogens with zero attached hydrogens (tertiary/aromatic N) is 1. The zero-order chi connectivity index (χ0) is 12.4. The molecular formula is C13H11BrClNS. The van der Waals surface area contributed by atoms with E-state index < -0.39 is 0 Å². The fraction of sp³-hybridized carbons (Fsp3) is 0.154. The molecule has 1 heterocycles. The van der Waals surface area contributed by atoms with Crippen molar-refractivity contribution in [3.05, 3.63) is 51.1 Å². The van der Waals surface area contributed by atoms with Crippen molar-refractivity contribution in [2.75, 3.05) is 0 Å². The molecule has 88 valence electrons. The summed E-state index contributed by atoms with van der Waals surface area (Å²) in [6.07, 6.45) is 1.66. The molecule has 0 aliphatic carbocycles. The molecule has 1 aromatic heterocycles. The Hall–Kier alpha value is -0.510. The second-order valence-corrected chi connectivity index (χ2v) is 6.14. The molecule has 4 heteroatoms. The summed E-state index contributed by atoms with van der Waals surface area (Å²) in [4.78, 5) is 5.49. The largest absolute Gasteiger partial charge is 0.247 e. The normalized spacial score (nSPS) is 10.6. The van der Waals surface area contributed by atoms with E-state index in [0.29, 0.717) is 5.02 Å². The molecule has 0 aliphatic rings. The summed E-state index contributed by atoms with van der Waals surface area (Å²) < 4.78 is 0.924. The third-order valence-corrected chi connectivity index (χ3v) is 4.55. The molecule has 0 saturated heterocycles. The fourth-order valence-electron chi connectivity index (χ4n) is 1.37. The van der Waals surface area contributed by atoms with Crippen LogP contribution >= 0.6 is 39.3 Å². The van der Waals surface area contributed by atoms with Crippen LogP contribution in [0.2, 0.25) is 5.02 Å². The Balaban J connectivity index is 2.28. The van der Waals surface area contributed by atoms with E-state index in [-0.39, 0.29) is 0 Å². The second kappa shape index (κ2) is 5.42. The van der Waals surface area contributed by atoms with Crippen LogP contribution in [0.1, 0.15) is 11.1 Å². The Kier molecular flexibility index (Phi) is 4.13. The van der Waals surface area contributed by atoms with Crippen LogP contribution in [0.25, 0.3) is 0 Å². The van der Waals surface area contributed by atoms with Crippen molar-refractivity contribution >= 4 is 39.3 Å². The average molecular weight is 329 g/mol. The molecule has 1 aromatic carbocycles. The molecule has 0 amide bonds. The highest BCUT2D eigenvalue weighted by molar-refractivity contribution is 9.10. The molecule has 0 radical (unpaired) electrons. The van der Waals surface area contributed by atoms with Crippen LogP contribution in [-0.2, 0) is 0 Å². The number of hydrogen-bond acceptors (Lipinski definition) is 2. The van der Waals surface area contributed by atoms with E-state index in [0.717, 1.165) is 9.50 Å². The average Bonchev–Trinajstić information content (AvgIpc) is 2.27. The summed E-state index contributed by atoms with van der Waals surface area (Å²) in [6, 6.07) is 8.26. The summed E-state index contributed by atoms with van der Waals surface area (Å²) in [7, 11) is 0. The molecule has 0 N–H and O–H groups in total. The summed E-state index contributed by atoms with van der Waals surface area (Å²) >= 11 is 11.0. The maximum atomic E-state index is 5.86. The van der Waals surface area contributed by atoms with Gasteiger partial charge in [-0.3, -0.25) is 0 Å². The standard InChI is InChI=1S/C13H11BrClNS/c1-8-3-4-11(5-9(8)2)17-13-12(14)6-10(15)7-16-13/h3-7H,1-2H3. The van der Waals surface area contributed by atoms with Gasteiger partial charge in [-0.2, -0.15) is 0 Å². The Morgan fingerprint density at radius 1 is 1.18 bits per heavy atom. The van der Waals surface area contributed by atoms with Crippen molar-refractivity contribution in [3.63, 3.8) is 0 Å². The first-order valence-electron chi connectivity index (χ1n) is 5.12. The van der Waals surface area contributed by atoms with E-state index in [9.17, 15) is 0 Å². The predicted molar refractivity (Wildman–Crippen MR) is 77.0 cm³/mol. The van der Waals surface area contributed by atoms with Gasteiger partial charge in [0.25, 0.3) is 0 Å². The number of rotatable bonds is 2. The SMILES string of the molecule is Cc1ccc(Sc2ncc(Cl)cc2Br)cc1C. The topological polar surface area (TPSA) is 12.9 Å². The number of benzene rings is 1. The zero-order valence-corrected chi connectivity index (χ0v) is 12.7. The number of halogens is 2. The molecule has 17 heavy (non-hydrogen) atoms. The van der Waals surface area contributed by atoms with Crippen LogP contribution in [0.15, 0.2) is 44.9 Å². The molecule has 0 unspecified atom stereocenters. The Bertz CT molecular complexity index is 557. The molecule has 0 fully saturated rings. The first-order chi connectivity index (χ1) is 8.06. The van der Waals surface area contributed by atoms with E-state index >= 15 is 0 Å². The molecule has 1 nitrogen and oxygen atoms in total. The summed E-state index contributed by atoms with van der Waals surface area (Å²) in [5.74, 6) is 0. The summed E-state index contributed by atoms with van der Waals surface area (Å²) in [5.41, 5.74) is 2.59. The van der Waals surface area contributed by atoms with Crippen molar-refractivity contribution in [3.8, 4) is 0 Å². The van der Waals surface area contributed by atoms with Gasteiger partial charge in [0.05, 0.1) is 9.50 Å². The maximum Gasteiger partial charge on any atom is 0.115 e. The van der Waals surface area contributed by atoms with Gasteiger partial charge in [-0.05, 0) is 59.1 Å². The van der Waals surface area contributed by atoms with Crippen LogP contribution in [0.3, 0.4) is 0 Å². The fourth-order valence-corrected chi connectivity index (χ4v) is 3.10. The third-order valence-electron chi connectivity index (χ3n) is 2.47. The maximum absolute atomic E-state index is 5.86. The van der Waals surface area contributed by atoms with Crippen LogP contribution in [0, 0.1) is 13.8 Å². The van der Waals surface area contributed by atoms with Crippen molar-refractivity contribution in [1.29, 1.82) is 0 Å². The van der Waals surface area contributed by atoms with E-state index in [4.69, 9.17) is 11.6 Å². The summed E-state index contributed by atoms with van der Waals surface area (Å²) in [5, 5.41) is 1.57. The third kappa shape index (κ3) is 3.24. The minimum absolute atomic E-state index is 0.640. The summed E-state index contributed by atoms with van der Waals surface area (Å²) in [6.45, 7) is 4.23. The molecule has 0 atom stereocenters. The van der Waals surface area contributed by atoms with Crippen molar-refractivity contribution in [1.82, 2.24) is 4.98 Å². The minimum atomic E-state index is 0.640.